The van der Waals surface area contributed by atoms with Crippen LogP contribution in [-0.4, -0.2) is 36.3 Å². The van der Waals surface area contributed by atoms with Gasteiger partial charge in [0.25, 0.3) is 0 Å². The van der Waals surface area contributed by atoms with E-state index in [0.717, 1.165) is 43.1 Å². The standard InChI is InChI=1S/C18H25NO5/c1-13-12-14(19-17(20)4-2-3-5-18(21)22)6-7-16(13)24-15-8-10-23-11-9-15/h6-7,12,15H,2-5,8-11H2,1H3,(H,19,20)(H,21,22). The fourth-order valence-electron chi connectivity index (χ4n) is 2.62. The Morgan fingerprint density at radius 3 is 2.62 bits per heavy atom. The van der Waals surface area contributed by atoms with Crippen LogP contribution in [0.15, 0.2) is 18.2 Å². The average molecular weight is 335 g/mol. The van der Waals surface area contributed by atoms with Crippen LogP contribution in [0.2, 0.25) is 0 Å². The number of carboxylic acids is 1. The van der Waals surface area contributed by atoms with Crippen LogP contribution >= 0.6 is 0 Å². The molecular weight excluding hydrogens is 310 g/mol. The van der Waals surface area contributed by atoms with Crippen molar-refractivity contribution in [1.82, 2.24) is 0 Å². The lowest BCUT2D eigenvalue weighted by atomic mass is 10.1. The minimum Gasteiger partial charge on any atom is -0.490 e. The van der Waals surface area contributed by atoms with Gasteiger partial charge in [0.1, 0.15) is 11.9 Å². The Bertz CT molecular complexity index is 567. The van der Waals surface area contributed by atoms with Crippen molar-refractivity contribution in [2.24, 2.45) is 0 Å². The third-order valence-corrected chi connectivity index (χ3v) is 3.97. The molecule has 1 saturated heterocycles. The summed E-state index contributed by atoms with van der Waals surface area (Å²) < 4.78 is 11.3. The molecule has 24 heavy (non-hydrogen) atoms. The van der Waals surface area contributed by atoms with Crippen LogP contribution in [0, 0.1) is 6.92 Å². The van der Waals surface area contributed by atoms with Crippen molar-refractivity contribution in [3.8, 4) is 5.75 Å². The Hall–Kier alpha value is -2.08. The number of anilines is 1. The lowest BCUT2D eigenvalue weighted by molar-refractivity contribution is -0.137. The molecule has 0 unspecified atom stereocenters. The van der Waals surface area contributed by atoms with Crippen molar-refractivity contribution in [3.05, 3.63) is 23.8 Å². The van der Waals surface area contributed by atoms with Crippen LogP contribution in [-0.2, 0) is 14.3 Å². The fraction of sp³-hybridized carbons (Fsp3) is 0.556. The molecule has 1 heterocycles. The van der Waals surface area contributed by atoms with Crippen LogP contribution in [0.1, 0.15) is 44.1 Å². The van der Waals surface area contributed by atoms with Gasteiger partial charge in [-0.15, -0.1) is 0 Å². The van der Waals surface area contributed by atoms with E-state index in [0.29, 0.717) is 19.3 Å². The van der Waals surface area contributed by atoms with E-state index in [1.807, 2.05) is 25.1 Å². The molecule has 132 valence electrons. The molecule has 1 fully saturated rings. The van der Waals surface area contributed by atoms with Gasteiger partial charge in [-0.05, 0) is 43.5 Å². The molecule has 0 saturated carbocycles. The first-order valence-corrected chi connectivity index (χ1v) is 8.41. The van der Waals surface area contributed by atoms with E-state index in [9.17, 15) is 9.59 Å². The largest absolute Gasteiger partial charge is 0.490 e. The predicted octanol–water partition coefficient (Wildman–Crippen LogP) is 3.14. The molecule has 6 heteroatoms. The number of nitrogens with one attached hydrogen (secondary N) is 1. The van der Waals surface area contributed by atoms with Gasteiger partial charge in [0, 0.05) is 31.4 Å². The first-order chi connectivity index (χ1) is 11.5. The number of benzene rings is 1. The number of amides is 1. The lowest BCUT2D eigenvalue weighted by Crippen LogP contribution is -2.26. The van der Waals surface area contributed by atoms with E-state index >= 15 is 0 Å². The lowest BCUT2D eigenvalue weighted by Gasteiger charge is -2.24. The molecule has 1 aliphatic heterocycles. The summed E-state index contributed by atoms with van der Waals surface area (Å²) in [6.45, 7) is 3.43. The van der Waals surface area contributed by atoms with Gasteiger partial charge in [0.15, 0.2) is 0 Å². The van der Waals surface area contributed by atoms with Crippen molar-refractivity contribution >= 4 is 17.6 Å². The summed E-state index contributed by atoms with van der Waals surface area (Å²) in [6, 6.07) is 5.60. The number of ether oxygens (including phenoxy) is 2. The van der Waals surface area contributed by atoms with Gasteiger partial charge in [-0.2, -0.15) is 0 Å². The molecule has 2 rings (SSSR count). The van der Waals surface area contributed by atoms with E-state index in [4.69, 9.17) is 14.6 Å². The highest BCUT2D eigenvalue weighted by atomic mass is 16.5. The van der Waals surface area contributed by atoms with Crippen molar-refractivity contribution in [2.45, 2.75) is 51.6 Å². The Labute approximate surface area is 142 Å². The molecule has 1 aromatic rings. The van der Waals surface area contributed by atoms with Crippen LogP contribution in [0.25, 0.3) is 0 Å². The normalized spacial score (nSPS) is 15.0. The topological polar surface area (TPSA) is 84.9 Å². The zero-order valence-electron chi connectivity index (χ0n) is 14.0. The summed E-state index contributed by atoms with van der Waals surface area (Å²) in [5.74, 6) is -0.0922. The van der Waals surface area contributed by atoms with Crippen molar-refractivity contribution in [3.63, 3.8) is 0 Å². The second-order valence-corrected chi connectivity index (χ2v) is 6.06. The quantitative estimate of drug-likeness (QED) is 0.713. The van der Waals surface area contributed by atoms with E-state index in [-0.39, 0.29) is 18.4 Å². The number of aliphatic carboxylic acids is 1. The van der Waals surface area contributed by atoms with Crippen LogP contribution in [0.3, 0.4) is 0 Å². The molecule has 0 bridgehead atoms. The van der Waals surface area contributed by atoms with E-state index in [2.05, 4.69) is 5.32 Å². The summed E-state index contributed by atoms with van der Waals surface area (Å²) >= 11 is 0. The number of carbonyl (C=O) groups is 2. The molecule has 1 amide bonds. The van der Waals surface area contributed by atoms with Crippen molar-refractivity contribution < 1.29 is 24.2 Å². The molecule has 0 radical (unpaired) electrons. The van der Waals surface area contributed by atoms with Gasteiger partial charge in [0.2, 0.25) is 5.91 Å². The summed E-state index contributed by atoms with van der Waals surface area (Å²) in [4.78, 5) is 22.3. The molecule has 0 aliphatic carbocycles. The number of hydrogen-bond donors (Lipinski definition) is 2. The van der Waals surface area contributed by atoms with Crippen molar-refractivity contribution in [1.29, 1.82) is 0 Å². The predicted molar refractivity (Wildman–Crippen MR) is 90.4 cm³/mol. The Morgan fingerprint density at radius 2 is 1.96 bits per heavy atom. The fourth-order valence-corrected chi connectivity index (χ4v) is 2.62. The van der Waals surface area contributed by atoms with Gasteiger partial charge >= 0.3 is 5.97 Å². The number of rotatable bonds is 8. The Kier molecular flexibility index (Phi) is 7.06. The molecule has 0 spiro atoms. The highest BCUT2D eigenvalue weighted by Gasteiger charge is 2.16. The molecule has 6 nitrogen and oxygen atoms in total. The van der Waals surface area contributed by atoms with E-state index < -0.39 is 5.97 Å². The molecule has 0 atom stereocenters. The number of hydrogen-bond acceptors (Lipinski definition) is 4. The average Bonchev–Trinajstić information content (AvgIpc) is 2.55. The maximum absolute atomic E-state index is 11.9. The zero-order chi connectivity index (χ0) is 17.4. The van der Waals surface area contributed by atoms with Crippen LogP contribution in [0.5, 0.6) is 5.75 Å². The third-order valence-electron chi connectivity index (χ3n) is 3.97. The molecule has 1 aromatic carbocycles. The van der Waals surface area contributed by atoms with Gasteiger partial charge in [-0.3, -0.25) is 9.59 Å². The SMILES string of the molecule is Cc1cc(NC(=O)CCCCC(=O)O)ccc1OC1CCOCC1. The van der Waals surface area contributed by atoms with Crippen molar-refractivity contribution in [2.75, 3.05) is 18.5 Å². The second kappa shape index (κ2) is 9.27. The number of unbranched alkanes of at least 4 members (excludes halogenated alkanes) is 1. The first-order valence-electron chi connectivity index (χ1n) is 8.41. The maximum atomic E-state index is 11.9. The number of carboxylic acid groups (broad SMARTS) is 1. The molecule has 1 aliphatic rings. The van der Waals surface area contributed by atoms with Gasteiger partial charge in [-0.1, -0.05) is 0 Å². The molecule has 0 aromatic heterocycles. The van der Waals surface area contributed by atoms with Crippen LogP contribution < -0.4 is 10.1 Å². The number of aryl methyl sites for hydroxylation is 1. The summed E-state index contributed by atoms with van der Waals surface area (Å²) in [5, 5.41) is 11.4. The van der Waals surface area contributed by atoms with E-state index in [1.165, 1.54) is 0 Å². The second-order valence-electron chi connectivity index (χ2n) is 6.06. The summed E-state index contributed by atoms with van der Waals surface area (Å²) in [7, 11) is 0. The molecular formula is C18H25NO5. The Morgan fingerprint density at radius 1 is 1.25 bits per heavy atom. The Balaban J connectivity index is 1.80. The minimum absolute atomic E-state index is 0.0992. The minimum atomic E-state index is -0.828. The summed E-state index contributed by atoms with van der Waals surface area (Å²) in [6.07, 6.45) is 3.49. The van der Waals surface area contributed by atoms with Gasteiger partial charge < -0.3 is 19.9 Å². The smallest absolute Gasteiger partial charge is 0.303 e. The zero-order valence-corrected chi connectivity index (χ0v) is 14.0. The monoisotopic (exact) mass is 335 g/mol. The van der Waals surface area contributed by atoms with Gasteiger partial charge in [0.05, 0.1) is 13.2 Å². The highest BCUT2D eigenvalue weighted by Crippen LogP contribution is 2.25. The van der Waals surface area contributed by atoms with Crippen LogP contribution in [0.4, 0.5) is 5.69 Å². The summed E-state index contributed by atoms with van der Waals surface area (Å²) in [5.41, 5.74) is 1.71. The van der Waals surface area contributed by atoms with Gasteiger partial charge in [-0.25, -0.2) is 0 Å². The molecule has 2 N–H and O–H groups in total. The first kappa shape index (κ1) is 18.3. The number of carbonyl (C=O) groups excluding carboxylic acids is 1. The van der Waals surface area contributed by atoms with E-state index in [1.54, 1.807) is 0 Å². The third kappa shape index (κ3) is 6.20. The highest BCUT2D eigenvalue weighted by molar-refractivity contribution is 5.90. The maximum Gasteiger partial charge on any atom is 0.303 e.